The summed E-state index contributed by atoms with van der Waals surface area (Å²) >= 11 is 0. The van der Waals surface area contributed by atoms with Crippen LogP contribution >= 0.6 is 0 Å². The number of nitrogens with one attached hydrogen (secondary N) is 3. The van der Waals surface area contributed by atoms with Crippen molar-refractivity contribution in [2.45, 2.75) is 20.3 Å². The molecule has 0 saturated heterocycles. The highest BCUT2D eigenvalue weighted by Crippen LogP contribution is 2.38. The fourth-order valence-corrected chi connectivity index (χ4v) is 5.57. The topological polar surface area (TPSA) is 111 Å². The number of hydrogen-bond donors (Lipinski definition) is 3. The molecule has 42 heavy (non-hydrogen) atoms. The Bertz CT molecular complexity index is 1570. The summed E-state index contributed by atoms with van der Waals surface area (Å²) in [7, 11) is 0.312. The zero-order valence-electron chi connectivity index (χ0n) is 24.8. The molecule has 3 aromatic rings. The third-order valence-corrected chi connectivity index (χ3v) is 8.12. The van der Waals surface area contributed by atoms with Crippen LogP contribution in [0.15, 0.2) is 72.8 Å². The van der Waals surface area contributed by atoms with Gasteiger partial charge in [0.15, 0.2) is 0 Å². The minimum absolute atomic E-state index is 0.188. The molecule has 3 aromatic carbocycles. The third kappa shape index (κ3) is 7.57. The van der Waals surface area contributed by atoms with Gasteiger partial charge in [0.25, 0.3) is 11.8 Å². The van der Waals surface area contributed by atoms with Gasteiger partial charge in [-0.05, 0) is 74.5 Å². The van der Waals surface area contributed by atoms with E-state index in [0.29, 0.717) is 65.0 Å². The molecule has 10 heteroatoms. The number of carbonyl (C=O) groups excluding carboxylic acids is 2. The Labute approximate surface area is 248 Å². The molecule has 0 aliphatic carbocycles. The van der Waals surface area contributed by atoms with Crippen LogP contribution in [0.1, 0.15) is 41.8 Å². The molecule has 0 fully saturated rings. The van der Waals surface area contributed by atoms with Gasteiger partial charge in [-0.15, -0.1) is 0 Å². The van der Waals surface area contributed by atoms with Gasteiger partial charge < -0.3 is 20.9 Å². The van der Waals surface area contributed by atoms with Crippen molar-refractivity contribution in [3.8, 4) is 0 Å². The highest BCUT2D eigenvalue weighted by atomic mass is 32.2. The maximum Gasteiger partial charge on any atom is 0.258 e. The summed E-state index contributed by atoms with van der Waals surface area (Å²) in [5.41, 5.74) is 4.74. The summed E-state index contributed by atoms with van der Waals surface area (Å²) in [5.74, 6) is 0.00618. The van der Waals surface area contributed by atoms with E-state index in [1.54, 1.807) is 42.5 Å². The Morgan fingerprint density at radius 3 is 2.24 bits per heavy atom. The van der Waals surface area contributed by atoms with E-state index < -0.39 is 10.0 Å². The fourth-order valence-electron chi connectivity index (χ4n) is 4.65. The molecule has 222 valence electrons. The van der Waals surface area contributed by atoms with Crippen molar-refractivity contribution in [2.24, 2.45) is 5.92 Å². The smallest absolute Gasteiger partial charge is 0.258 e. The second-order valence-electron chi connectivity index (χ2n) is 11.1. The van der Waals surface area contributed by atoms with Crippen LogP contribution in [-0.2, 0) is 14.8 Å². The summed E-state index contributed by atoms with van der Waals surface area (Å²) in [6.07, 6.45) is 2.07. The molecule has 0 aromatic heterocycles. The number of anilines is 3. The summed E-state index contributed by atoms with van der Waals surface area (Å²) in [6.45, 7) is 5.68. The summed E-state index contributed by atoms with van der Waals surface area (Å²) < 4.78 is 26.4. The average molecular weight is 590 g/mol. The minimum Gasteiger partial charge on any atom is -0.354 e. The van der Waals surface area contributed by atoms with Crippen molar-refractivity contribution in [1.29, 1.82) is 0 Å². The van der Waals surface area contributed by atoms with Gasteiger partial charge in [0, 0.05) is 42.1 Å². The van der Waals surface area contributed by atoms with Gasteiger partial charge in [0.1, 0.15) is 0 Å². The van der Waals surface area contributed by atoms with Crippen LogP contribution in [0.2, 0.25) is 0 Å². The minimum atomic E-state index is -3.48. The zero-order valence-corrected chi connectivity index (χ0v) is 25.6. The maximum absolute atomic E-state index is 13.4. The van der Waals surface area contributed by atoms with E-state index in [1.807, 2.05) is 49.3 Å². The molecule has 0 spiro atoms. The van der Waals surface area contributed by atoms with Crippen molar-refractivity contribution in [3.05, 3.63) is 89.5 Å². The van der Waals surface area contributed by atoms with Gasteiger partial charge in [-0.25, -0.2) is 8.42 Å². The Hall–Kier alpha value is -4.15. The van der Waals surface area contributed by atoms with Gasteiger partial charge in [0.05, 0.1) is 23.2 Å². The number of likely N-dealkylation sites (N-methyl/N-ethyl adjacent to an activating group) is 1. The molecule has 4 rings (SSSR count). The standard InChI is InChI=1S/C32H39N5O4S/c1-22(2)17-18-33-31(38)24-11-16-28-27(21-24)29(32(39)35-28)30(23-9-7-6-8-10-23)34-25-12-14-26(15-13-25)37(42(5,40)41)20-19-36(3)4/h6-16,21-22,34H,17-20H2,1-5H3,(H,33,38)(H,35,39). The van der Waals surface area contributed by atoms with Crippen LogP contribution < -0.4 is 20.3 Å². The van der Waals surface area contributed by atoms with Crippen LogP contribution in [0.5, 0.6) is 0 Å². The molecule has 2 amide bonds. The van der Waals surface area contributed by atoms with E-state index in [1.165, 1.54) is 10.6 Å². The predicted molar refractivity (Wildman–Crippen MR) is 171 cm³/mol. The first kappa shape index (κ1) is 30.8. The molecule has 1 heterocycles. The van der Waals surface area contributed by atoms with E-state index in [0.717, 1.165) is 12.0 Å². The van der Waals surface area contributed by atoms with Gasteiger partial charge in [-0.3, -0.25) is 13.9 Å². The molecule has 0 saturated carbocycles. The molecule has 0 bridgehead atoms. The van der Waals surface area contributed by atoms with Crippen LogP contribution in [0.4, 0.5) is 17.1 Å². The number of carbonyl (C=O) groups is 2. The highest BCUT2D eigenvalue weighted by molar-refractivity contribution is 7.92. The number of benzene rings is 3. The van der Waals surface area contributed by atoms with Gasteiger partial charge in [0.2, 0.25) is 10.0 Å². The Kier molecular flexibility index (Phi) is 9.70. The van der Waals surface area contributed by atoms with Crippen LogP contribution in [0.25, 0.3) is 11.3 Å². The van der Waals surface area contributed by atoms with Crippen LogP contribution in [-0.4, -0.2) is 65.1 Å². The van der Waals surface area contributed by atoms with E-state index in [-0.39, 0.29) is 11.8 Å². The maximum atomic E-state index is 13.4. The van der Waals surface area contributed by atoms with Crippen molar-refractivity contribution in [2.75, 3.05) is 54.9 Å². The first-order valence-electron chi connectivity index (χ1n) is 14.0. The number of fused-ring (bicyclic) bond motifs is 1. The average Bonchev–Trinajstić information content (AvgIpc) is 3.26. The van der Waals surface area contributed by atoms with Crippen LogP contribution in [0, 0.1) is 5.92 Å². The van der Waals surface area contributed by atoms with Gasteiger partial charge in [-0.1, -0.05) is 44.2 Å². The summed E-state index contributed by atoms with van der Waals surface area (Å²) in [6, 6.07) is 21.8. The monoisotopic (exact) mass is 589 g/mol. The number of sulfonamides is 1. The van der Waals surface area contributed by atoms with E-state index >= 15 is 0 Å². The number of rotatable bonds is 12. The molecule has 1 aliphatic heterocycles. The van der Waals surface area contributed by atoms with Crippen molar-refractivity contribution in [3.63, 3.8) is 0 Å². The lowest BCUT2D eigenvalue weighted by Crippen LogP contribution is -2.35. The largest absolute Gasteiger partial charge is 0.354 e. The molecule has 0 unspecified atom stereocenters. The first-order valence-corrected chi connectivity index (χ1v) is 15.8. The molecule has 9 nitrogen and oxygen atoms in total. The van der Waals surface area contributed by atoms with E-state index in [4.69, 9.17) is 0 Å². The van der Waals surface area contributed by atoms with Gasteiger partial charge >= 0.3 is 0 Å². The van der Waals surface area contributed by atoms with Gasteiger partial charge in [-0.2, -0.15) is 0 Å². The molecular formula is C32H39N5O4S. The highest BCUT2D eigenvalue weighted by Gasteiger charge is 2.29. The lowest BCUT2D eigenvalue weighted by Gasteiger charge is -2.24. The molecule has 0 atom stereocenters. The Balaban J connectivity index is 1.71. The molecule has 3 N–H and O–H groups in total. The Morgan fingerprint density at radius 1 is 0.929 bits per heavy atom. The lowest BCUT2D eigenvalue weighted by molar-refractivity contribution is -0.110. The number of nitrogens with zero attached hydrogens (tertiary/aromatic N) is 2. The first-order chi connectivity index (χ1) is 19.9. The quantitative estimate of drug-likeness (QED) is 0.264. The normalized spacial score (nSPS) is 14.0. The second-order valence-corrected chi connectivity index (χ2v) is 13.0. The fraction of sp³-hybridized carbons (Fsp3) is 0.312. The van der Waals surface area contributed by atoms with E-state index in [9.17, 15) is 18.0 Å². The summed E-state index contributed by atoms with van der Waals surface area (Å²) in [4.78, 5) is 28.2. The van der Waals surface area contributed by atoms with E-state index in [2.05, 4.69) is 29.8 Å². The predicted octanol–water partition coefficient (Wildman–Crippen LogP) is 4.72. The van der Waals surface area contributed by atoms with Crippen molar-refractivity contribution in [1.82, 2.24) is 10.2 Å². The SMILES string of the molecule is CC(C)CCNC(=O)c1ccc2c(c1)C(=C(Nc1ccc(N(CCN(C)C)S(C)(=O)=O)cc1)c1ccccc1)C(=O)N2. The van der Waals surface area contributed by atoms with Crippen LogP contribution in [0.3, 0.4) is 0 Å². The van der Waals surface area contributed by atoms with Crippen molar-refractivity contribution < 1.29 is 18.0 Å². The molecule has 1 aliphatic rings. The number of amides is 2. The summed E-state index contributed by atoms with van der Waals surface area (Å²) in [5, 5.41) is 9.29. The molecular weight excluding hydrogens is 550 g/mol. The second kappa shape index (κ2) is 13.2. The molecule has 0 radical (unpaired) electrons. The zero-order chi connectivity index (χ0) is 30.4. The van der Waals surface area contributed by atoms with Crippen molar-refractivity contribution >= 4 is 50.2 Å². The Morgan fingerprint density at radius 2 is 1.62 bits per heavy atom. The third-order valence-electron chi connectivity index (χ3n) is 6.92. The lowest BCUT2D eigenvalue weighted by atomic mass is 9.98. The number of hydrogen-bond acceptors (Lipinski definition) is 6.